The van der Waals surface area contributed by atoms with Gasteiger partial charge in [0, 0.05) is 24.0 Å². The molecule has 0 aliphatic rings. The third-order valence-electron chi connectivity index (χ3n) is 3.87. The Labute approximate surface area is 143 Å². The molecule has 0 spiro atoms. The minimum Gasteiger partial charge on any atom is -0.324 e. The van der Waals surface area contributed by atoms with Crippen LogP contribution >= 0.6 is 11.6 Å². The third kappa shape index (κ3) is 3.61. The highest BCUT2D eigenvalue weighted by molar-refractivity contribution is 6.33. The summed E-state index contributed by atoms with van der Waals surface area (Å²) in [6.07, 6.45) is 3.48. The monoisotopic (exact) mass is 344 g/mol. The Morgan fingerprint density at radius 3 is 2.50 bits per heavy atom. The Balaban J connectivity index is 1.80. The van der Waals surface area contributed by atoms with Crippen LogP contribution in [0, 0.1) is 11.6 Å². The Bertz CT molecular complexity index is 850. The van der Waals surface area contributed by atoms with Crippen molar-refractivity contribution in [3.63, 3.8) is 0 Å². The lowest BCUT2D eigenvalue weighted by Gasteiger charge is -2.14. The molecule has 0 fully saturated rings. The van der Waals surface area contributed by atoms with E-state index in [4.69, 9.17) is 17.3 Å². The molecule has 3 rings (SSSR count). The van der Waals surface area contributed by atoms with Crippen molar-refractivity contribution in [2.24, 2.45) is 5.73 Å². The minimum atomic E-state index is -0.471. The highest BCUT2D eigenvalue weighted by atomic mass is 35.5. The lowest BCUT2D eigenvalue weighted by molar-refractivity contribution is 0.572. The first-order valence-electron chi connectivity index (χ1n) is 7.44. The summed E-state index contributed by atoms with van der Waals surface area (Å²) in [5.41, 5.74) is 9.07. The maximum absolute atomic E-state index is 13.7. The number of halogens is 3. The molecule has 2 aromatic carbocycles. The molecular formula is C19H15ClF2N2. The summed E-state index contributed by atoms with van der Waals surface area (Å²) in [6.45, 7) is 0. The van der Waals surface area contributed by atoms with Gasteiger partial charge in [-0.3, -0.25) is 4.98 Å². The zero-order valence-corrected chi connectivity index (χ0v) is 13.5. The second kappa shape index (κ2) is 7.07. The molecule has 1 aromatic heterocycles. The topological polar surface area (TPSA) is 38.9 Å². The van der Waals surface area contributed by atoms with Crippen LogP contribution in [0.5, 0.6) is 0 Å². The van der Waals surface area contributed by atoms with Gasteiger partial charge in [-0.2, -0.15) is 0 Å². The van der Waals surface area contributed by atoms with E-state index in [1.54, 1.807) is 12.4 Å². The molecule has 3 aromatic rings. The fourth-order valence-electron chi connectivity index (χ4n) is 2.57. The van der Waals surface area contributed by atoms with Crippen LogP contribution < -0.4 is 5.73 Å². The predicted octanol–water partition coefficient (Wildman–Crippen LogP) is 4.92. The van der Waals surface area contributed by atoms with Gasteiger partial charge in [0.1, 0.15) is 11.6 Å². The molecule has 1 atom stereocenters. The van der Waals surface area contributed by atoms with E-state index in [1.807, 2.05) is 30.3 Å². The van der Waals surface area contributed by atoms with Gasteiger partial charge in [-0.1, -0.05) is 35.9 Å². The number of hydrogen-bond acceptors (Lipinski definition) is 2. The van der Waals surface area contributed by atoms with Crippen molar-refractivity contribution in [1.82, 2.24) is 4.98 Å². The van der Waals surface area contributed by atoms with Crippen molar-refractivity contribution < 1.29 is 8.78 Å². The molecule has 0 saturated heterocycles. The number of benzene rings is 2. The summed E-state index contributed by atoms with van der Waals surface area (Å²) in [5.74, 6) is -0.923. The van der Waals surface area contributed by atoms with Gasteiger partial charge in [-0.15, -0.1) is 0 Å². The average Bonchev–Trinajstić information content (AvgIpc) is 2.59. The Hall–Kier alpha value is -2.30. The van der Waals surface area contributed by atoms with E-state index in [0.717, 1.165) is 28.8 Å². The molecule has 0 radical (unpaired) electrons. The Kier molecular flexibility index (Phi) is 4.88. The highest BCUT2D eigenvalue weighted by Crippen LogP contribution is 2.28. The number of nitrogens with zero attached hydrogens (tertiary/aromatic N) is 1. The van der Waals surface area contributed by atoms with Crippen LogP contribution in [0.2, 0.25) is 5.02 Å². The van der Waals surface area contributed by atoms with Crippen LogP contribution in [0.25, 0.3) is 11.1 Å². The molecule has 0 aliphatic carbocycles. The number of aromatic nitrogens is 1. The van der Waals surface area contributed by atoms with Gasteiger partial charge in [-0.05, 0) is 47.4 Å². The summed E-state index contributed by atoms with van der Waals surface area (Å²) < 4.78 is 27.0. The number of hydrogen-bond donors (Lipinski definition) is 1. The number of nitrogens with two attached hydrogens (primary N) is 1. The molecule has 2 N–H and O–H groups in total. The fraction of sp³-hybridized carbons (Fsp3) is 0.105. The van der Waals surface area contributed by atoms with Gasteiger partial charge < -0.3 is 5.73 Å². The molecule has 0 saturated carbocycles. The van der Waals surface area contributed by atoms with Gasteiger partial charge in [0.15, 0.2) is 0 Å². The Morgan fingerprint density at radius 2 is 1.79 bits per heavy atom. The van der Waals surface area contributed by atoms with E-state index in [9.17, 15) is 8.78 Å². The summed E-state index contributed by atoms with van der Waals surface area (Å²) in [7, 11) is 0. The summed E-state index contributed by atoms with van der Waals surface area (Å²) in [5, 5.41) is 0.566. The largest absolute Gasteiger partial charge is 0.324 e. The van der Waals surface area contributed by atoms with Crippen molar-refractivity contribution in [3.8, 4) is 11.1 Å². The number of pyridine rings is 1. The molecule has 24 heavy (non-hydrogen) atoms. The quantitative estimate of drug-likeness (QED) is 0.729. The molecule has 5 heteroatoms. The van der Waals surface area contributed by atoms with Crippen LogP contribution in [0.1, 0.15) is 17.2 Å². The predicted molar refractivity (Wildman–Crippen MR) is 91.7 cm³/mol. The van der Waals surface area contributed by atoms with E-state index >= 15 is 0 Å². The van der Waals surface area contributed by atoms with Gasteiger partial charge >= 0.3 is 0 Å². The lowest BCUT2D eigenvalue weighted by Crippen LogP contribution is -2.14. The SMILES string of the molecule is N[C@H](Cc1cc(F)ccc1F)c1ccc(-c2ccncc2Cl)cc1. The summed E-state index contributed by atoms with van der Waals surface area (Å²) >= 11 is 6.14. The molecule has 2 nitrogen and oxygen atoms in total. The lowest BCUT2D eigenvalue weighted by atomic mass is 9.97. The van der Waals surface area contributed by atoms with E-state index < -0.39 is 17.7 Å². The normalized spacial score (nSPS) is 12.2. The van der Waals surface area contributed by atoms with Crippen LogP contribution in [0.15, 0.2) is 60.9 Å². The van der Waals surface area contributed by atoms with Crippen LogP contribution in [-0.2, 0) is 6.42 Å². The number of rotatable bonds is 4. The van der Waals surface area contributed by atoms with Crippen molar-refractivity contribution in [1.29, 1.82) is 0 Å². The zero-order valence-electron chi connectivity index (χ0n) is 12.7. The summed E-state index contributed by atoms with van der Waals surface area (Å²) in [4.78, 5) is 3.96. The van der Waals surface area contributed by atoms with Crippen LogP contribution in [0.3, 0.4) is 0 Å². The average molecular weight is 345 g/mol. The molecule has 122 valence electrons. The Morgan fingerprint density at radius 1 is 1.04 bits per heavy atom. The van der Waals surface area contributed by atoms with Gasteiger partial charge in [-0.25, -0.2) is 8.78 Å². The maximum Gasteiger partial charge on any atom is 0.126 e. The summed E-state index contributed by atoms with van der Waals surface area (Å²) in [6, 6.07) is 12.3. The van der Waals surface area contributed by atoms with Crippen molar-refractivity contribution in [3.05, 3.63) is 88.7 Å². The van der Waals surface area contributed by atoms with Gasteiger partial charge in [0.2, 0.25) is 0 Å². The highest BCUT2D eigenvalue weighted by Gasteiger charge is 2.12. The molecule has 0 unspecified atom stereocenters. The first-order chi connectivity index (χ1) is 11.5. The fourth-order valence-corrected chi connectivity index (χ4v) is 2.80. The van der Waals surface area contributed by atoms with Crippen molar-refractivity contribution in [2.45, 2.75) is 12.5 Å². The molecule has 0 aliphatic heterocycles. The van der Waals surface area contributed by atoms with E-state index in [-0.39, 0.29) is 12.0 Å². The van der Waals surface area contributed by atoms with E-state index in [0.29, 0.717) is 5.02 Å². The van der Waals surface area contributed by atoms with Crippen LogP contribution in [0.4, 0.5) is 8.78 Å². The maximum atomic E-state index is 13.7. The standard InChI is InChI=1S/C19H15ClF2N2/c20-17-11-24-8-7-16(17)12-1-3-13(4-2-12)19(23)10-14-9-15(21)5-6-18(14)22/h1-9,11,19H,10,23H2/t19-/m1/s1. The molecule has 0 amide bonds. The third-order valence-corrected chi connectivity index (χ3v) is 4.17. The van der Waals surface area contributed by atoms with Crippen LogP contribution in [-0.4, -0.2) is 4.98 Å². The van der Waals surface area contributed by atoms with Gasteiger partial charge in [0.05, 0.1) is 5.02 Å². The second-order valence-electron chi connectivity index (χ2n) is 5.52. The molecular weight excluding hydrogens is 330 g/mol. The minimum absolute atomic E-state index is 0.221. The second-order valence-corrected chi connectivity index (χ2v) is 5.93. The van der Waals surface area contributed by atoms with Crippen molar-refractivity contribution >= 4 is 11.6 Å². The first-order valence-corrected chi connectivity index (χ1v) is 7.82. The smallest absolute Gasteiger partial charge is 0.126 e. The van der Waals surface area contributed by atoms with E-state index in [2.05, 4.69) is 4.98 Å². The van der Waals surface area contributed by atoms with Crippen molar-refractivity contribution in [2.75, 3.05) is 0 Å². The van der Waals surface area contributed by atoms with E-state index in [1.165, 1.54) is 6.07 Å². The first kappa shape index (κ1) is 16.6. The van der Waals surface area contributed by atoms with Gasteiger partial charge in [0.25, 0.3) is 0 Å². The zero-order chi connectivity index (χ0) is 17.1. The molecule has 0 bridgehead atoms. The molecule has 1 heterocycles.